The number of amides is 1. The van der Waals surface area contributed by atoms with Crippen molar-refractivity contribution in [3.63, 3.8) is 0 Å². The molecular weight excluding hydrogens is 288 g/mol. The van der Waals surface area contributed by atoms with E-state index in [2.05, 4.69) is 15.1 Å². The number of carbonyl (C=O) groups excluding carboxylic acids is 1. The van der Waals surface area contributed by atoms with Gasteiger partial charge >= 0.3 is 0 Å². The summed E-state index contributed by atoms with van der Waals surface area (Å²) >= 11 is 0. The van der Waals surface area contributed by atoms with Crippen LogP contribution in [0.4, 0.5) is 0 Å². The molecule has 0 aliphatic carbocycles. The fourth-order valence-electron chi connectivity index (χ4n) is 2.18. The molecule has 1 atom stereocenters. The maximum absolute atomic E-state index is 12.4. The predicted octanol–water partition coefficient (Wildman–Crippen LogP) is 0.693. The summed E-state index contributed by atoms with van der Waals surface area (Å²) in [6.07, 6.45) is 4.33. The van der Waals surface area contributed by atoms with E-state index in [1.54, 1.807) is 30.3 Å². The summed E-state index contributed by atoms with van der Waals surface area (Å²) in [5, 5.41) is 3.76. The van der Waals surface area contributed by atoms with Crippen molar-refractivity contribution in [3.8, 4) is 5.88 Å². The van der Waals surface area contributed by atoms with Gasteiger partial charge in [0.2, 0.25) is 5.88 Å². The second kappa shape index (κ2) is 6.52. The molecule has 1 amide bonds. The third-order valence-corrected chi connectivity index (χ3v) is 3.19. The van der Waals surface area contributed by atoms with Crippen molar-refractivity contribution < 1.29 is 18.8 Å². The van der Waals surface area contributed by atoms with E-state index in [1.807, 2.05) is 0 Å². The molecule has 3 heterocycles. The zero-order valence-corrected chi connectivity index (χ0v) is 12.1. The Hall–Kier alpha value is -2.48. The molecule has 1 aliphatic heterocycles. The zero-order chi connectivity index (χ0) is 15.4. The quantitative estimate of drug-likeness (QED) is 0.824. The summed E-state index contributed by atoms with van der Waals surface area (Å²) in [5.74, 6) is 0.805. The Bertz CT molecular complexity index is 631. The number of aromatic nitrogens is 3. The molecule has 0 radical (unpaired) electrons. The van der Waals surface area contributed by atoms with Crippen molar-refractivity contribution in [2.45, 2.75) is 13.0 Å². The van der Waals surface area contributed by atoms with E-state index >= 15 is 0 Å². The van der Waals surface area contributed by atoms with Gasteiger partial charge in [0.15, 0.2) is 5.69 Å². The van der Waals surface area contributed by atoms with Gasteiger partial charge in [-0.15, -0.1) is 0 Å². The van der Waals surface area contributed by atoms with Crippen molar-refractivity contribution in [2.24, 2.45) is 0 Å². The molecule has 8 heteroatoms. The topological polar surface area (TPSA) is 90.6 Å². The van der Waals surface area contributed by atoms with Crippen LogP contribution in [0.3, 0.4) is 0 Å². The van der Waals surface area contributed by atoms with E-state index in [-0.39, 0.29) is 17.7 Å². The lowest BCUT2D eigenvalue weighted by Gasteiger charge is -2.22. The van der Waals surface area contributed by atoms with Gasteiger partial charge in [-0.3, -0.25) is 9.78 Å². The molecule has 1 saturated heterocycles. The summed E-state index contributed by atoms with van der Waals surface area (Å²) in [7, 11) is 0. The third kappa shape index (κ3) is 3.40. The van der Waals surface area contributed by atoms with E-state index in [1.165, 1.54) is 6.20 Å². The Morgan fingerprint density at radius 1 is 1.45 bits per heavy atom. The van der Waals surface area contributed by atoms with Crippen molar-refractivity contribution >= 4 is 5.91 Å². The summed E-state index contributed by atoms with van der Waals surface area (Å²) in [6, 6.07) is 1.62. The Kier molecular flexibility index (Phi) is 4.29. The van der Waals surface area contributed by atoms with E-state index in [0.29, 0.717) is 37.9 Å². The average molecular weight is 304 g/mol. The van der Waals surface area contributed by atoms with Gasteiger partial charge in [0.1, 0.15) is 11.9 Å². The van der Waals surface area contributed by atoms with E-state index < -0.39 is 0 Å². The van der Waals surface area contributed by atoms with Crippen LogP contribution < -0.4 is 4.74 Å². The smallest absolute Gasteiger partial charge is 0.276 e. The normalized spacial score (nSPS) is 18.8. The molecule has 1 aliphatic rings. The van der Waals surface area contributed by atoms with Gasteiger partial charge < -0.3 is 18.9 Å². The van der Waals surface area contributed by atoms with Crippen LogP contribution in [0.5, 0.6) is 5.88 Å². The molecule has 3 rings (SSSR count). The van der Waals surface area contributed by atoms with Crippen molar-refractivity contribution in [3.05, 3.63) is 36.1 Å². The fraction of sp³-hybridized carbons (Fsp3) is 0.429. The lowest BCUT2D eigenvalue weighted by Crippen LogP contribution is -2.40. The SMILES string of the molecule is Cc1cc(C(=O)N2CCOCC(Oc3cnccn3)C2)no1. The van der Waals surface area contributed by atoms with Crippen molar-refractivity contribution in [1.82, 2.24) is 20.0 Å². The monoisotopic (exact) mass is 304 g/mol. The number of hydrogen-bond donors (Lipinski definition) is 0. The first-order valence-corrected chi connectivity index (χ1v) is 6.95. The molecule has 2 aromatic heterocycles. The Morgan fingerprint density at radius 3 is 3.09 bits per heavy atom. The molecule has 1 unspecified atom stereocenters. The number of rotatable bonds is 3. The molecule has 0 aromatic carbocycles. The molecule has 0 spiro atoms. The van der Waals surface area contributed by atoms with E-state index in [9.17, 15) is 4.79 Å². The minimum atomic E-state index is -0.309. The van der Waals surface area contributed by atoms with Crippen LogP contribution >= 0.6 is 0 Å². The van der Waals surface area contributed by atoms with Gasteiger partial charge in [-0.2, -0.15) is 0 Å². The molecule has 0 bridgehead atoms. The van der Waals surface area contributed by atoms with Crippen molar-refractivity contribution in [2.75, 3.05) is 26.3 Å². The van der Waals surface area contributed by atoms with Crippen LogP contribution in [0.25, 0.3) is 0 Å². The first-order valence-electron chi connectivity index (χ1n) is 6.95. The maximum atomic E-state index is 12.4. The second-order valence-corrected chi connectivity index (χ2v) is 4.93. The first kappa shape index (κ1) is 14.5. The Morgan fingerprint density at radius 2 is 2.36 bits per heavy atom. The number of carbonyl (C=O) groups is 1. The highest BCUT2D eigenvalue weighted by molar-refractivity contribution is 5.92. The highest BCUT2D eigenvalue weighted by atomic mass is 16.5. The van der Waals surface area contributed by atoms with Gasteiger partial charge in [0.05, 0.1) is 26.0 Å². The number of nitrogens with zero attached hydrogens (tertiary/aromatic N) is 4. The van der Waals surface area contributed by atoms with E-state index in [0.717, 1.165) is 0 Å². The number of aryl methyl sites for hydroxylation is 1. The molecule has 0 saturated carbocycles. The maximum Gasteiger partial charge on any atom is 0.276 e. The van der Waals surface area contributed by atoms with Gasteiger partial charge in [-0.25, -0.2) is 4.98 Å². The van der Waals surface area contributed by atoms with Crippen LogP contribution in [0.15, 0.2) is 29.2 Å². The van der Waals surface area contributed by atoms with Crippen molar-refractivity contribution in [1.29, 1.82) is 0 Å². The largest absolute Gasteiger partial charge is 0.469 e. The van der Waals surface area contributed by atoms with Crippen LogP contribution in [-0.2, 0) is 4.74 Å². The van der Waals surface area contributed by atoms with Crippen LogP contribution in [0, 0.1) is 6.92 Å². The molecule has 0 N–H and O–H groups in total. The Balaban J connectivity index is 1.68. The minimum absolute atomic E-state index is 0.199. The van der Waals surface area contributed by atoms with Crippen LogP contribution in [-0.4, -0.2) is 58.3 Å². The third-order valence-electron chi connectivity index (χ3n) is 3.19. The summed E-state index contributed by atoms with van der Waals surface area (Å²) in [5.41, 5.74) is 0.289. The highest BCUT2D eigenvalue weighted by Crippen LogP contribution is 2.12. The lowest BCUT2D eigenvalue weighted by molar-refractivity contribution is 0.0627. The summed E-state index contributed by atoms with van der Waals surface area (Å²) in [6.45, 7) is 3.45. The molecule has 22 heavy (non-hydrogen) atoms. The number of hydrogen-bond acceptors (Lipinski definition) is 7. The molecule has 2 aromatic rings. The van der Waals surface area contributed by atoms with Crippen LogP contribution in [0.1, 0.15) is 16.2 Å². The fourth-order valence-corrected chi connectivity index (χ4v) is 2.18. The summed E-state index contributed by atoms with van der Waals surface area (Å²) in [4.78, 5) is 22.1. The average Bonchev–Trinajstić information content (AvgIpc) is 2.83. The molecule has 8 nitrogen and oxygen atoms in total. The summed E-state index contributed by atoms with van der Waals surface area (Å²) < 4.78 is 16.2. The van der Waals surface area contributed by atoms with Crippen LogP contribution in [0.2, 0.25) is 0 Å². The molecular formula is C14H16N4O4. The standard InChI is InChI=1S/C14H16N4O4/c1-10-6-12(17-22-10)14(19)18-4-5-20-9-11(8-18)21-13-7-15-2-3-16-13/h2-3,6-7,11H,4-5,8-9H2,1H3. The predicted molar refractivity (Wildman–Crippen MR) is 74.4 cm³/mol. The Labute approximate surface area is 127 Å². The minimum Gasteiger partial charge on any atom is -0.469 e. The zero-order valence-electron chi connectivity index (χ0n) is 12.1. The molecule has 116 valence electrons. The first-order chi connectivity index (χ1) is 10.7. The van der Waals surface area contributed by atoms with Gasteiger partial charge in [-0.1, -0.05) is 5.16 Å². The second-order valence-electron chi connectivity index (χ2n) is 4.93. The van der Waals surface area contributed by atoms with Gasteiger partial charge in [-0.05, 0) is 6.92 Å². The lowest BCUT2D eigenvalue weighted by atomic mass is 10.3. The van der Waals surface area contributed by atoms with Gasteiger partial charge in [0, 0.05) is 25.0 Å². The number of ether oxygens (including phenoxy) is 2. The highest BCUT2D eigenvalue weighted by Gasteiger charge is 2.26. The molecule has 1 fully saturated rings. The van der Waals surface area contributed by atoms with Gasteiger partial charge in [0.25, 0.3) is 5.91 Å². The van der Waals surface area contributed by atoms with E-state index in [4.69, 9.17) is 14.0 Å².